The Labute approximate surface area is 111 Å². The zero-order chi connectivity index (χ0) is 14.9. The van der Waals surface area contributed by atoms with Crippen molar-refractivity contribution in [2.75, 3.05) is 0 Å². The molecule has 1 N–H and O–H groups in total. The number of alkyl halides is 3. The molecule has 0 saturated carbocycles. The summed E-state index contributed by atoms with van der Waals surface area (Å²) in [6.45, 7) is 0. The van der Waals surface area contributed by atoms with Crippen molar-refractivity contribution in [2.24, 2.45) is 0 Å². The molecule has 0 aliphatic rings. The zero-order valence-electron chi connectivity index (χ0n) is 9.81. The van der Waals surface area contributed by atoms with Gasteiger partial charge in [-0.1, -0.05) is 30.3 Å². The molecule has 2 aromatic rings. The summed E-state index contributed by atoms with van der Waals surface area (Å²) in [5, 5.41) is 20.5. The van der Waals surface area contributed by atoms with E-state index in [1.54, 1.807) is 0 Å². The van der Waals surface area contributed by atoms with Crippen LogP contribution in [0.15, 0.2) is 36.4 Å². The summed E-state index contributed by atoms with van der Waals surface area (Å²) in [6, 6.07) is 8.96. The Morgan fingerprint density at radius 3 is 2.40 bits per heavy atom. The molecule has 2 aromatic carbocycles. The predicted molar refractivity (Wildman–Crippen MR) is 64.0 cm³/mol. The van der Waals surface area contributed by atoms with E-state index in [1.165, 1.54) is 18.2 Å². The second kappa shape index (κ2) is 4.84. The normalized spacial score (nSPS) is 11.3. The Kier molecular flexibility index (Phi) is 3.35. The molecule has 0 atom stereocenters. The number of halogens is 3. The van der Waals surface area contributed by atoms with Crippen LogP contribution in [0.5, 0.6) is 5.75 Å². The molecule has 0 unspecified atom stereocenters. The van der Waals surface area contributed by atoms with Gasteiger partial charge in [0.15, 0.2) is 0 Å². The summed E-state index contributed by atoms with van der Waals surface area (Å²) in [7, 11) is 0. The molecule has 0 amide bonds. The fourth-order valence-corrected chi connectivity index (χ4v) is 1.79. The van der Waals surface area contributed by atoms with Crippen molar-refractivity contribution in [3.05, 3.63) is 58.1 Å². The minimum Gasteiger partial charge on any atom is -0.502 e. The smallest absolute Gasteiger partial charge is 0.417 e. The topological polar surface area (TPSA) is 63.4 Å². The van der Waals surface area contributed by atoms with Crippen LogP contribution in [-0.4, -0.2) is 10.0 Å². The number of nitro benzene ring substituents is 1. The first kappa shape index (κ1) is 13.9. The van der Waals surface area contributed by atoms with Gasteiger partial charge in [0.1, 0.15) is 0 Å². The summed E-state index contributed by atoms with van der Waals surface area (Å²) in [6.07, 6.45) is -4.67. The highest BCUT2D eigenvalue weighted by atomic mass is 19.4. The van der Waals surface area contributed by atoms with Gasteiger partial charge in [-0.15, -0.1) is 0 Å². The van der Waals surface area contributed by atoms with Crippen LogP contribution < -0.4 is 0 Å². The van der Waals surface area contributed by atoms with Crippen molar-refractivity contribution in [3.8, 4) is 16.9 Å². The largest absolute Gasteiger partial charge is 0.502 e. The van der Waals surface area contributed by atoms with Crippen LogP contribution in [0.4, 0.5) is 18.9 Å². The Bertz CT molecular complexity index is 668. The van der Waals surface area contributed by atoms with Crippen molar-refractivity contribution in [2.45, 2.75) is 6.18 Å². The first-order valence-electron chi connectivity index (χ1n) is 5.37. The highest BCUT2D eigenvalue weighted by Gasteiger charge is 2.34. The first-order valence-corrected chi connectivity index (χ1v) is 5.37. The second-order valence-corrected chi connectivity index (χ2v) is 3.89. The maximum Gasteiger partial charge on any atom is 0.417 e. The van der Waals surface area contributed by atoms with Gasteiger partial charge in [0, 0.05) is 11.6 Å². The third kappa shape index (κ3) is 2.42. The molecule has 0 fully saturated rings. The molecule has 1 radical (unpaired) electrons. The fraction of sp³-hybridized carbons (Fsp3) is 0.0769. The zero-order valence-corrected chi connectivity index (χ0v) is 9.81. The van der Waals surface area contributed by atoms with Crippen LogP contribution in [0.2, 0.25) is 0 Å². The number of para-hydroxylation sites is 1. The van der Waals surface area contributed by atoms with E-state index in [1.807, 2.05) is 6.07 Å². The number of hydrogen-bond acceptors (Lipinski definition) is 3. The van der Waals surface area contributed by atoms with Gasteiger partial charge in [-0.3, -0.25) is 10.1 Å². The second-order valence-electron chi connectivity index (χ2n) is 3.89. The van der Waals surface area contributed by atoms with E-state index < -0.39 is 28.1 Å². The summed E-state index contributed by atoms with van der Waals surface area (Å²) in [5.74, 6) is -0.803. The molecule has 0 saturated heterocycles. The van der Waals surface area contributed by atoms with Crippen LogP contribution in [0.3, 0.4) is 0 Å². The molecule has 20 heavy (non-hydrogen) atoms. The molecule has 0 heterocycles. The van der Waals surface area contributed by atoms with Gasteiger partial charge in [0.2, 0.25) is 5.75 Å². The molecule has 103 valence electrons. The Balaban J connectivity index is 2.70. The van der Waals surface area contributed by atoms with Crippen LogP contribution >= 0.6 is 0 Å². The molecule has 4 nitrogen and oxygen atoms in total. The third-order valence-electron chi connectivity index (χ3n) is 2.64. The maximum atomic E-state index is 12.9. The molecular formula is C13H7F3NO3. The van der Waals surface area contributed by atoms with Crippen molar-refractivity contribution < 1.29 is 23.2 Å². The quantitative estimate of drug-likeness (QED) is 0.673. The van der Waals surface area contributed by atoms with E-state index in [-0.39, 0.29) is 11.1 Å². The first-order chi connectivity index (χ1) is 9.32. The lowest BCUT2D eigenvalue weighted by molar-refractivity contribution is -0.385. The van der Waals surface area contributed by atoms with Crippen LogP contribution in [0.1, 0.15) is 5.56 Å². The molecule has 2 rings (SSSR count). The van der Waals surface area contributed by atoms with Gasteiger partial charge in [-0.25, -0.2) is 0 Å². The monoisotopic (exact) mass is 282 g/mol. The minimum absolute atomic E-state index is 0.261. The Morgan fingerprint density at radius 2 is 1.80 bits per heavy atom. The average Bonchev–Trinajstić information content (AvgIpc) is 2.37. The van der Waals surface area contributed by atoms with Crippen LogP contribution in [0, 0.1) is 16.2 Å². The fourth-order valence-electron chi connectivity index (χ4n) is 1.79. The predicted octanol–water partition coefficient (Wildman–Crippen LogP) is 3.79. The van der Waals surface area contributed by atoms with E-state index in [0.29, 0.717) is 0 Å². The summed E-state index contributed by atoms with van der Waals surface area (Å²) in [5.41, 5.74) is -2.36. The van der Waals surface area contributed by atoms with Gasteiger partial charge >= 0.3 is 11.9 Å². The molecule has 0 aromatic heterocycles. The molecule has 7 heteroatoms. The summed E-state index contributed by atoms with van der Waals surface area (Å²) < 4.78 is 38.6. The van der Waals surface area contributed by atoms with Gasteiger partial charge < -0.3 is 5.11 Å². The van der Waals surface area contributed by atoms with Gasteiger partial charge in [-0.05, 0) is 11.6 Å². The molecule has 0 aliphatic heterocycles. The SMILES string of the molecule is O=[N+]([O-])c1cccc(-c2ccc[c]c2C(F)(F)F)c1O. The van der Waals surface area contributed by atoms with E-state index in [4.69, 9.17) is 0 Å². The van der Waals surface area contributed by atoms with E-state index in [2.05, 4.69) is 0 Å². The average molecular weight is 282 g/mol. The summed E-state index contributed by atoms with van der Waals surface area (Å²) in [4.78, 5) is 9.84. The van der Waals surface area contributed by atoms with Gasteiger partial charge in [0.25, 0.3) is 0 Å². The van der Waals surface area contributed by atoms with Crippen LogP contribution in [0.25, 0.3) is 11.1 Å². The molecule has 0 aliphatic carbocycles. The number of benzene rings is 2. The van der Waals surface area contributed by atoms with Crippen molar-refractivity contribution in [1.82, 2.24) is 0 Å². The number of nitro groups is 1. The number of nitrogens with zero attached hydrogens (tertiary/aromatic N) is 1. The van der Waals surface area contributed by atoms with Gasteiger partial charge in [-0.2, -0.15) is 13.2 Å². The van der Waals surface area contributed by atoms with Gasteiger partial charge in [0.05, 0.1) is 10.5 Å². The number of phenols is 1. The highest BCUT2D eigenvalue weighted by Crippen LogP contribution is 2.42. The highest BCUT2D eigenvalue weighted by molar-refractivity contribution is 5.77. The Morgan fingerprint density at radius 1 is 1.15 bits per heavy atom. The number of aromatic hydroxyl groups is 1. The van der Waals surface area contributed by atoms with E-state index in [0.717, 1.165) is 18.2 Å². The third-order valence-corrected chi connectivity index (χ3v) is 2.64. The van der Waals surface area contributed by atoms with Crippen molar-refractivity contribution >= 4 is 5.69 Å². The Hall–Kier alpha value is -2.57. The van der Waals surface area contributed by atoms with E-state index >= 15 is 0 Å². The number of rotatable bonds is 2. The van der Waals surface area contributed by atoms with Crippen molar-refractivity contribution in [1.29, 1.82) is 0 Å². The van der Waals surface area contributed by atoms with Crippen molar-refractivity contribution in [3.63, 3.8) is 0 Å². The van der Waals surface area contributed by atoms with E-state index in [9.17, 15) is 28.4 Å². The lowest BCUT2D eigenvalue weighted by Gasteiger charge is -2.13. The summed E-state index contributed by atoms with van der Waals surface area (Å²) >= 11 is 0. The molecule has 0 spiro atoms. The number of phenolic OH excluding ortho intramolecular Hbond substituents is 1. The number of hydrogen-bond donors (Lipinski definition) is 1. The van der Waals surface area contributed by atoms with Crippen LogP contribution in [-0.2, 0) is 6.18 Å². The standard InChI is InChI=1S/C13H7F3NO3/c14-13(15,16)10-6-2-1-4-8(10)9-5-3-7-11(12(9)18)17(19)20/h1-5,7,18H. The molecule has 0 bridgehead atoms. The molecular weight excluding hydrogens is 275 g/mol. The lowest BCUT2D eigenvalue weighted by Crippen LogP contribution is -2.07. The minimum atomic E-state index is -4.67. The lowest BCUT2D eigenvalue weighted by atomic mass is 9.98. The maximum absolute atomic E-state index is 12.9.